The van der Waals surface area contributed by atoms with E-state index in [2.05, 4.69) is 5.32 Å². The molecule has 0 bridgehead atoms. The third-order valence-electron chi connectivity index (χ3n) is 5.11. The van der Waals surface area contributed by atoms with Gasteiger partial charge in [-0.15, -0.1) is 0 Å². The van der Waals surface area contributed by atoms with Crippen LogP contribution in [0.5, 0.6) is 11.5 Å². The van der Waals surface area contributed by atoms with Gasteiger partial charge in [0, 0.05) is 11.6 Å². The van der Waals surface area contributed by atoms with Crippen LogP contribution < -0.4 is 19.1 Å². The number of halogens is 1. The molecule has 0 spiro atoms. The van der Waals surface area contributed by atoms with Crippen molar-refractivity contribution in [1.82, 2.24) is 5.32 Å². The maximum Gasteiger partial charge on any atom is 0.268 e. The molecule has 0 aliphatic carbocycles. The van der Waals surface area contributed by atoms with Gasteiger partial charge in [0.1, 0.15) is 16.4 Å². The predicted octanol–water partition coefficient (Wildman–Crippen LogP) is 4.01. The van der Waals surface area contributed by atoms with E-state index in [-0.39, 0.29) is 28.8 Å². The molecule has 0 unspecified atom stereocenters. The number of anilines is 1. The first kappa shape index (κ1) is 22.9. The minimum atomic E-state index is -4.12. The zero-order valence-corrected chi connectivity index (χ0v) is 19.5. The average Bonchev–Trinajstić information content (AvgIpc) is 2.83. The van der Waals surface area contributed by atoms with Crippen molar-refractivity contribution in [3.63, 3.8) is 0 Å². The summed E-state index contributed by atoms with van der Waals surface area (Å²) in [5, 5.41) is 3.08. The number of fused-ring (bicyclic) bond motifs is 1. The number of ether oxygens (including phenoxy) is 2. The van der Waals surface area contributed by atoms with Crippen LogP contribution in [0, 0.1) is 0 Å². The Kier molecular flexibility index (Phi) is 6.76. The van der Waals surface area contributed by atoms with Gasteiger partial charge < -0.3 is 14.8 Å². The minimum Gasteiger partial charge on any atom is -0.492 e. The molecule has 1 N–H and O–H groups in total. The first-order valence-corrected chi connectivity index (χ1v) is 12.2. The first-order chi connectivity index (χ1) is 15.9. The van der Waals surface area contributed by atoms with Crippen LogP contribution in [0.25, 0.3) is 0 Å². The number of para-hydroxylation sites is 2. The fourth-order valence-corrected chi connectivity index (χ4v) is 5.41. The SMILES string of the molecule is CCOc1ccc(Cl)cc1S(=O)(=O)N1C[C@H](C(=O)NCc2ccccc2)Oc2ccccc21. The average molecular weight is 487 g/mol. The molecule has 7 nitrogen and oxygen atoms in total. The summed E-state index contributed by atoms with van der Waals surface area (Å²) in [5.41, 5.74) is 1.26. The lowest BCUT2D eigenvalue weighted by Gasteiger charge is -2.35. The highest BCUT2D eigenvalue weighted by atomic mass is 35.5. The number of rotatable bonds is 7. The number of benzene rings is 3. The Balaban J connectivity index is 1.66. The Hall–Kier alpha value is -3.23. The van der Waals surface area contributed by atoms with Crippen molar-refractivity contribution in [2.75, 3.05) is 17.5 Å². The van der Waals surface area contributed by atoms with Gasteiger partial charge in [-0.1, -0.05) is 54.1 Å². The molecule has 0 saturated carbocycles. The van der Waals surface area contributed by atoms with Crippen molar-refractivity contribution in [1.29, 1.82) is 0 Å². The monoisotopic (exact) mass is 486 g/mol. The molecule has 3 aromatic rings. The van der Waals surface area contributed by atoms with E-state index >= 15 is 0 Å². The number of amides is 1. The van der Waals surface area contributed by atoms with Crippen molar-refractivity contribution in [3.05, 3.63) is 83.4 Å². The number of carbonyl (C=O) groups excluding carboxylic acids is 1. The standard InChI is InChI=1S/C24H23ClN2O5S/c1-2-31-21-13-12-18(25)14-23(21)33(29,30)27-16-22(32-20-11-7-6-10-19(20)27)24(28)26-15-17-8-4-3-5-9-17/h3-14,22H,2,15-16H2,1H3,(H,26,28)/t22-/m1/s1. The Bertz CT molecular complexity index is 1250. The maximum absolute atomic E-state index is 13.7. The fourth-order valence-electron chi connectivity index (χ4n) is 3.54. The van der Waals surface area contributed by atoms with Gasteiger partial charge >= 0.3 is 0 Å². The van der Waals surface area contributed by atoms with E-state index < -0.39 is 22.0 Å². The highest BCUT2D eigenvalue weighted by molar-refractivity contribution is 7.93. The molecule has 1 heterocycles. The number of nitrogens with one attached hydrogen (secondary N) is 1. The summed E-state index contributed by atoms with van der Waals surface area (Å²) in [5.74, 6) is 0.0767. The summed E-state index contributed by atoms with van der Waals surface area (Å²) in [6.07, 6.45) is -1.03. The van der Waals surface area contributed by atoms with Crippen molar-refractivity contribution in [2.24, 2.45) is 0 Å². The molecule has 9 heteroatoms. The summed E-state index contributed by atoms with van der Waals surface area (Å²) in [4.78, 5) is 12.8. The zero-order valence-electron chi connectivity index (χ0n) is 17.9. The molecule has 3 aromatic carbocycles. The second kappa shape index (κ2) is 9.72. The van der Waals surface area contributed by atoms with Crippen molar-refractivity contribution >= 4 is 33.2 Å². The number of carbonyl (C=O) groups is 1. The maximum atomic E-state index is 13.7. The van der Waals surface area contributed by atoms with Crippen molar-refractivity contribution < 1.29 is 22.7 Å². The van der Waals surface area contributed by atoms with E-state index in [1.807, 2.05) is 30.3 Å². The van der Waals surface area contributed by atoms with E-state index in [1.54, 1.807) is 37.3 Å². The normalized spacial score (nSPS) is 15.3. The second-order valence-corrected chi connectivity index (χ2v) is 9.60. The number of sulfonamides is 1. The van der Waals surface area contributed by atoms with Crippen LogP contribution in [0.2, 0.25) is 5.02 Å². The third-order valence-corrected chi connectivity index (χ3v) is 7.15. The molecule has 0 aromatic heterocycles. The van der Waals surface area contributed by atoms with E-state index in [0.717, 1.165) is 5.56 Å². The van der Waals surface area contributed by atoms with E-state index in [1.165, 1.54) is 16.4 Å². The smallest absolute Gasteiger partial charge is 0.268 e. The molecule has 1 aliphatic rings. The number of hydrogen-bond acceptors (Lipinski definition) is 5. The van der Waals surface area contributed by atoms with Gasteiger partial charge in [-0.05, 0) is 42.8 Å². The van der Waals surface area contributed by atoms with Crippen LogP contribution in [-0.2, 0) is 21.4 Å². The van der Waals surface area contributed by atoms with Crippen LogP contribution in [0.4, 0.5) is 5.69 Å². The predicted molar refractivity (Wildman–Crippen MR) is 126 cm³/mol. The minimum absolute atomic E-state index is 0.0722. The lowest BCUT2D eigenvalue weighted by Crippen LogP contribution is -2.50. The van der Waals surface area contributed by atoms with E-state index in [9.17, 15) is 13.2 Å². The van der Waals surface area contributed by atoms with Crippen molar-refractivity contribution in [3.8, 4) is 11.5 Å². The molecule has 1 aliphatic heterocycles. The quantitative estimate of drug-likeness (QED) is 0.545. The molecule has 172 valence electrons. The lowest BCUT2D eigenvalue weighted by atomic mass is 10.2. The van der Waals surface area contributed by atoms with Crippen LogP contribution in [0.3, 0.4) is 0 Å². The van der Waals surface area contributed by atoms with E-state index in [0.29, 0.717) is 18.0 Å². The van der Waals surface area contributed by atoms with Gasteiger partial charge in [-0.25, -0.2) is 8.42 Å². The number of nitrogens with zero attached hydrogens (tertiary/aromatic N) is 1. The molecule has 0 fully saturated rings. The summed E-state index contributed by atoms with van der Waals surface area (Å²) in [7, 11) is -4.12. The Morgan fingerprint density at radius 1 is 1.12 bits per heavy atom. The lowest BCUT2D eigenvalue weighted by molar-refractivity contribution is -0.127. The van der Waals surface area contributed by atoms with Crippen LogP contribution in [-0.4, -0.2) is 33.6 Å². The molecular formula is C24H23ClN2O5S. The van der Waals surface area contributed by atoms with Gasteiger partial charge in [-0.2, -0.15) is 0 Å². The summed E-state index contributed by atoms with van der Waals surface area (Å²) in [6.45, 7) is 2.16. The first-order valence-electron chi connectivity index (χ1n) is 10.4. The second-order valence-electron chi connectivity index (χ2n) is 7.34. The summed E-state index contributed by atoms with van der Waals surface area (Å²) < 4.78 is 40.1. The molecule has 33 heavy (non-hydrogen) atoms. The van der Waals surface area contributed by atoms with Crippen LogP contribution in [0.15, 0.2) is 77.7 Å². The van der Waals surface area contributed by atoms with Gasteiger partial charge in [0.05, 0.1) is 18.8 Å². The van der Waals surface area contributed by atoms with Crippen molar-refractivity contribution in [2.45, 2.75) is 24.5 Å². The zero-order chi connectivity index (χ0) is 23.4. The molecule has 0 radical (unpaired) electrons. The van der Waals surface area contributed by atoms with Gasteiger partial charge in [0.25, 0.3) is 15.9 Å². The fraction of sp³-hybridized carbons (Fsp3) is 0.208. The Morgan fingerprint density at radius 2 is 1.85 bits per heavy atom. The highest BCUT2D eigenvalue weighted by Gasteiger charge is 2.38. The summed E-state index contributed by atoms with van der Waals surface area (Å²) in [6, 6.07) is 20.6. The summed E-state index contributed by atoms with van der Waals surface area (Å²) >= 11 is 6.11. The largest absolute Gasteiger partial charge is 0.492 e. The Morgan fingerprint density at radius 3 is 2.61 bits per heavy atom. The Labute approximate surface area is 197 Å². The third kappa shape index (κ3) is 4.91. The van der Waals surface area contributed by atoms with Crippen LogP contribution >= 0.6 is 11.6 Å². The van der Waals surface area contributed by atoms with Gasteiger partial charge in [0.2, 0.25) is 0 Å². The topological polar surface area (TPSA) is 84.9 Å². The van der Waals surface area contributed by atoms with Gasteiger partial charge in [0.15, 0.2) is 6.10 Å². The molecular weight excluding hydrogens is 464 g/mol. The van der Waals surface area contributed by atoms with Crippen LogP contribution in [0.1, 0.15) is 12.5 Å². The molecule has 0 saturated heterocycles. The number of hydrogen-bond donors (Lipinski definition) is 1. The molecule has 1 atom stereocenters. The van der Waals surface area contributed by atoms with E-state index in [4.69, 9.17) is 21.1 Å². The molecule has 4 rings (SSSR count). The molecule has 1 amide bonds. The van der Waals surface area contributed by atoms with Gasteiger partial charge in [-0.3, -0.25) is 9.10 Å². The highest BCUT2D eigenvalue weighted by Crippen LogP contribution is 2.39.